The van der Waals surface area contributed by atoms with E-state index in [4.69, 9.17) is 14.7 Å². The summed E-state index contributed by atoms with van der Waals surface area (Å²) in [5.74, 6) is 0. The van der Waals surface area contributed by atoms with Crippen LogP contribution >= 0.6 is 0 Å². The molecule has 0 fully saturated rings. The molecule has 0 unspecified atom stereocenters. The standard InChI is InChI=1S/C29H30N6OSi/c1-37(2,3)13-12-36-19-35-29(10-11-30-35)27-17-26-16-24-7-6-22(32-24)14-20-4-5-21(31-20)15-23-8-9-25(33-23)18-28(27)34-26/h4-11,14-18,30,34H,12-13,19H2,1-3H3. The maximum Gasteiger partial charge on any atom is 0.137 e. The lowest BCUT2D eigenvalue weighted by Crippen LogP contribution is -2.37. The number of hydrogen-bond acceptors (Lipinski definition) is 6. The molecule has 1 aromatic rings. The number of aliphatic imine (C=N–C) groups is 3. The number of H-pyrrole nitrogens is 1. The number of aromatic nitrogens is 1. The highest BCUT2D eigenvalue weighted by molar-refractivity contribution is 6.76. The molecular weight excluding hydrogens is 476 g/mol. The molecule has 0 atom stereocenters. The second kappa shape index (κ2) is 9.46. The van der Waals surface area contributed by atoms with E-state index in [0.29, 0.717) is 6.73 Å². The Morgan fingerprint density at radius 1 is 0.784 bits per heavy atom. The van der Waals surface area contributed by atoms with Crippen molar-refractivity contribution in [3.8, 4) is 0 Å². The summed E-state index contributed by atoms with van der Waals surface area (Å²) in [5.41, 5.74) is 10.6. The maximum atomic E-state index is 6.04. The van der Waals surface area contributed by atoms with Crippen molar-refractivity contribution >= 4 is 43.1 Å². The zero-order chi connectivity index (χ0) is 25.4. The largest absolute Gasteiger partial charge is 0.360 e. The van der Waals surface area contributed by atoms with Gasteiger partial charge in [0.25, 0.3) is 0 Å². The second-order valence-electron chi connectivity index (χ2n) is 10.6. The second-order valence-corrected chi connectivity index (χ2v) is 16.3. The van der Waals surface area contributed by atoms with E-state index in [2.05, 4.69) is 59.3 Å². The van der Waals surface area contributed by atoms with Crippen LogP contribution in [0.5, 0.6) is 0 Å². The first-order valence-corrected chi connectivity index (χ1v) is 16.3. The van der Waals surface area contributed by atoms with E-state index >= 15 is 0 Å². The van der Waals surface area contributed by atoms with E-state index in [0.717, 1.165) is 68.8 Å². The molecule has 0 amide bonds. The van der Waals surface area contributed by atoms with Crippen LogP contribution in [-0.2, 0) is 4.74 Å². The topological polar surface area (TPSA) is 77.4 Å². The van der Waals surface area contributed by atoms with Crippen LogP contribution in [0.3, 0.4) is 0 Å². The molecule has 0 saturated heterocycles. The Morgan fingerprint density at radius 3 is 2.05 bits per heavy atom. The van der Waals surface area contributed by atoms with E-state index in [1.54, 1.807) is 0 Å². The Morgan fingerprint density at radius 2 is 1.41 bits per heavy atom. The van der Waals surface area contributed by atoms with Crippen LogP contribution in [-0.4, -0.2) is 48.5 Å². The average molecular weight is 507 g/mol. The Kier molecular flexibility index (Phi) is 5.98. The molecule has 0 radical (unpaired) electrons. The molecule has 8 heteroatoms. The Bertz CT molecular complexity index is 1580. The monoisotopic (exact) mass is 506 g/mol. The summed E-state index contributed by atoms with van der Waals surface area (Å²) in [6.07, 6.45) is 24.3. The molecule has 5 aliphatic rings. The minimum absolute atomic E-state index is 0.474. The molecular formula is C29H30N6OSi. The number of allylic oxidation sites excluding steroid dienone is 8. The summed E-state index contributed by atoms with van der Waals surface area (Å²) >= 11 is 0. The van der Waals surface area contributed by atoms with Crippen molar-refractivity contribution in [3.05, 3.63) is 100 Å². The average Bonchev–Trinajstić information content (AvgIpc) is 3.65. The van der Waals surface area contributed by atoms with Gasteiger partial charge in [0.2, 0.25) is 0 Å². The molecule has 1 aromatic heterocycles. The fourth-order valence-corrected chi connectivity index (χ4v) is 5.17. The van der Waals surface area contributed by atoms with E-state index in [-0.39, 0.29) is 0 Å². The van der Waals surface area contributed by atoms with Crippen molar-refractivity contribution in [1.29, 1.82) is 0 Å². The Hall–Kier alpha value is -4.01. The number of nitrogens with zero attached hydrogens (tertiary/aromatic N) is 4. The number of ether oxygens (including phenoxy) is 1. The SMILES string of the molecule is C[Si](C)(C)CCOCN1NC=CC1=c1cc2[nH]c1=CC1=NC(=CC3=NC(=CC4=NC(=C2)C=C4)C=C3)C=C1. The van der Waals surface area contributed by atoms with Crippen LogP contribution in [0.25, 0.3) is 17.8 Å². The van der Waals surface area contributed by atoms with Crippen LogP contribution in [0.4, 0.5) is 0 Å². The van der Waals surface area contributed by atoms with Crippen molar-refractivity contribution in [2.24, 2.45) is 15.0 Å². The van der Waals surface area contributed by atoms with Crippen molar-refractivity contribution in [3.63, 3.8) is 0 Å². The van der Waals surface area contributed by atoms with Gasteiger partial charge in [0.15, 0.2) is 0 Å². The van der Waals surface area contributed by atoms with Gasteiger partial charge in [0, 0.05) is 31.8 Å². The highest BCUT2D eigenvalue weighted by Crippen LogP contribution is 2.19. The minimum atomic E-state index is -1.14. The first-order valence-electron chi connectivity index (χ1n) is 12.6. The predicted molar refractivity (Wildman–Crippen MR) is 155 cm³/mol. The molecule has 0 saturated carbocycles. The lowest BCUT2D eigenvalue weighted by Gasteiger charge is -2.22. The third kappa shape index (κ3) is 5.40. The van der Waals surface area contributed by atoms with Gasteiger partial charge in [-0.3, -0.25) is 5.01 Å². The van der Waals surface area contributed by atoms with Crippen LogP contribution in [0.15, 0.2) is 99.0 Å². The van der Waals surface area contributed by atoms with Gasteiger partial charge in [-0.25, -0.2) is 15.0 Å². The van der Waals surface area contributed by atoms with Crippen molar-refractivity contribution < 1.29 is 4.74 Å². The molecule has 0 spiro atoms. The quantitative estimate of drug-likeness (QED) is 0.472. The molecule has 37 heavy (non-hydrogen) atoms. The van der Waals surface area contributed by atoms with Crippen molar-refractivity contribution in [1.82, 2.24) is 15.4 Å². The van der Waals surface area contributed by atoms with Crippen LogP contribution in [0.2, 0.25) is 25.7 Å². The maximum absolute atomic E-state index is 6.04. The summed E-state index contributed by atoms with van der Waals surface area (Å²) in [5, 5.41) is 4.09. The smallest absolute Gasteiger partial charge is 0.137 e. The molecule has 6 rings (SSSR count). The fraction of sp³-hybridized carbons (Fsp3) is 0.207. The molecule has 5 aliphatic heterocycles. The molecule has 0 aromatic carbocycles. The summed E-state index contributed by atoms with van der Waals surface area (Å²) < 4.78 is 6.04. The third-order valence-electron chi connectivity index (χ3n) is 6.36. The van der Waals surface area contributed by atoms with E-state index < -0.39 is 8.07 Å². The summed E-state index contributed by atoms with van der Waals surface area (Å²) in [4.78, 5) is 17.8. The zero-order valence-corrected chi connectivity index (χ0v) is 22.3. The number of hydrogen-bond donors (Lipinski definition) is 2. The van der Waals surface area contributed by atoms with Crippen molar-refractivity contribution in [2.45, 2.75) is 25.7 Å². The molecule has 6 heterocycles. The number of hydrazine groups is 1. The number of nitrogens with one attached hydrogen (secondary N) is 2. The number of fused-ring (bicyclic) bond motifs is 5. The first-order chi connectivity index (χ1) is 17.9. The van der Waals surface area contributed by atoms with Gasteiger partial charge in [-0.1, -0.05) is 19.6 Å². The first kappa shape index (κ1) is 23.4. The molecule has 0 aliphatic carbocycles. The summed E-state index contributed by atoms with van der Waals surface area (Å²) in [7, 11) is -1.14. The van der Waals surface area contributed by atoms with Crippen LogP contribution in [0.1, 0.15) is 5.69 Å². The van der Waals surface area contributed by atoms with Crippen LogP contribution < -0.4 is 16.0 Å². The predicted octanol–water partition coefficient (Wildman–Crippen LogP) is 3.70. The van der Waals surface area contributed by atoms with E-state index in [1.807, 2.05) is 59.8 Å². The Balaban J connectivity index is 1.41. The molecule has 8 bridgehead atoms. The van der Waals surface area contributed by atoms with Gasteiger partial charge in [-0.15, -0.1) is 0 Å². The lowest BCUT2D eigenvalue weighted by molar-refractivity contribution is 0.0548. The number of rotatable bonds is 5. The van der Waals surface area contributed by atoms with Crippen LogP contribution in [0, 0.1) is 0 Å². The normalized spacial score (nSPS) is 20.9. The van der Waals surface area contributed by atoms with E-state index in [9.17, 15) is 0 Å². The summed E-state index contributed by atoms with van der Waals surface area (Å²) in [6, 6.07) is 3.30. The fourth-order valence-electron chi connectivity index (χ4n) is 4.41. The van der Waals surface area contributed by atoms with Gasteiger partial charge in [-0.05, 0) is 78.9 Å². The number of aromatic amines is 1. The minimum Gasteiger partial charge on any atom is -0.360 e. The molecule has 7 nitrogen and oxygen atoms in total. The lowest BCUT2D eigenvalue weighted by atomic mass is 10.2. The van der Waals surface area contributed by atoms with Crippen molar-refractivity contribution in [2.75, 3.05) is 13.3 Å². The zero-order valence-electron chi connectivity index (χ0n) is 21.3. The summed E-state index contributed by atoms with van der Waals surface area (Å²) in [6.45, 7) is 8.34. The van der Waals surface area contributed by atoms with Gasteiger partial charge < -0.3 is 15.1 Å². The third-order valence-corrected chi connectivity index (χ3v) is 8.06. The van der Waals surface area contributed by atoms with Gasteiger partial charge in [0.1, 0.15) is 6.73 Å². The Labute approximate surface area is 217 Å². The van der Waals surface area contributed by atoms with E-state index in [1.165, 1.54) is 0 Å². The highest BCUT2D eigenvalue weighted by Gasteiger charge is 2.17. The van der Waals surface area contributed by atoms with Gasteiger partial charge >= 0.3 is 0 Å². The molecule has 186 valence electrons. The van der Waals surface area contributed by atoms with Gasteiger partial charge in [-0.2, -0.15) is 0 Å². The molecule has 2 N–H and O–H groups in total. The highest BCUT2D eigenvalue weighted by atomic mass is 28.3. The van der Waals surface area contributed by atoms with Gasteiger partial charge in [0.05, 0.1) is 45.3 Å².